The molecule has 0 amide bonds. The number of benzene rings is 1. The molecule has 0 spiro atoms. The molecular weight excluding hydrogens is 246 g/mol. The lowest BCUT2D eigenvalue weighted by Crippen LogP contribution is -2.15. The normalized spacial score (nSPS) is 14.6. The first kappa shape index (κ1) is 13.5. The molecule has 1 aliphatic heterocycles. The van der Waals surface area contributed by atoms with Crippen molar-refractivity contribution in [2.45, 2.75) is 25.3 Å². The molecule has 0 radical (unpaired) electrons. The Morgan fingerprint density at radius 1 is 1.26 bits per heavy atom. The summed E-state index contributed by atoms with van der Waals surface area (Å²) in [7, 11) is 0. The molecular formula is C13H17N3O3. The van der Waals surface area contributed by atoms with Crippen LogP contribution < -0.4 is 9.47 Å². The van der Waals surface area contributed by atoms with Crippen molar-refractivity contribution in [1.82, 2.24) is 0 Å². The van der Waals surface area contributed by atoms with Crippen molar-refractivity contribution in [2.24, 2.45) is 5.11 Å². The van der Waals surface area contributed by atoms with Gasteiger partial charge in [-0.15, -0.1) is 0 Å². The van der Waals surface area contributed by atoms with Gasteiger partial charge in [0.05, 0.1) is 6.04 Å². The van der Waals surface area contributed by atoms with E-state index in [2.05, 4.69) is 10.0 Å². The smallest absolute Gasteiger partial charge is 0.161 e. The van der Waals surface area contributed by atoms with Crippen LogP contribution in [-0.4, -0.2) is 24.9 Å². The summed E-state index contributed by atoms with van der Waals surface area (Å²) in [5.41, 5.74) is 9.56. The fourth-order valence-electron chi connectivity index (χ4n) is 2.07. The van der Waals surface area contributed by atoms with Crippen LogP contribution in [0.3, 0.4) is 0 Å². The van der Waals surface area contributed by atoms with Crippen LogP contribution in [0.5, 0.6) is 11.5 Å². The molecule has 0 aromatic heterocycles. The van der Waals surface area contributed by atoms with Crippen LogP contribution >= 0.6 is 0 Å². The summed E-state index contributed by atoms with van der Waals surface area (Å²) in [6.45, 7) is 1.25. The maximum absolute atomic E-state index is 8.80. The monoisotopic (exact) mass is 263 g/mol. The number of nitrogens with zero attached hydrogens (tertiary/aromatic N) is 3. The van der Waals surface area contributed by atoms with Crippen LogP contribution in [0.4, 0.5) is 0 Å². The summed E-state index contributed by atoms with van der Waals surface area (Å²) in [6, 6.07) is 5.38. The highest BCUT2D eigenvalue weighted by Gasteiger charge is 2.16. The third-order valence-electron chi connectivity index (χ3n) is 3.03. The molecule has 1 aliphatic rings. The standard InChI is InChI=1S/C13H17N3O3/c14-16-15-11(3-1-2-6-17)10-4-5-12-13(9-10)19-8-7-18-12/h4-5,9,11,17H,1-3,6-8H2. The van der Waals surface area contributed by atoms with Gasteiger partial charge in [0.15, 0.2) is 11.5 Å². The molecule has 0 bridgehead atoms. The molecule has 1 heterocycles. The number of rotatable bonds is 6. The summed E-state index contributed by atoms with van der Waals surface area (Å²) >= 11 is 0. The van der Waals surface area contributed by atoms with E-state index in [1.54, 1.807) is 0 Å². The van der Waals surface area contributed by atoms with Crippen molar-refractivity contribution in [3.8, 4) is 11.5 Å². The lowest BCUT2D eigenvalue weighted by Gasteiger charge is -2.20. The second-order valence-electron chi connectivity index (χ2n) is 4.34. The molecule has 1 aromatic rings. The third-order valence-corrected chi connectivity index (χ3v) is 3.03. The van der Waals surface area contributed by atoms with Crippen molar-refractivity contribution in [1.29, 1.82) is 0 Å². The van der Waals surface area contributed by atoms with Gasteiger partial charge in [-0.2, -0.15) is 0 Å². The van der Waals surface area contributed by atoms with E-state index in [0.29, 0.717) is 31.8 Å². The van der Waals surface area contributed by atoms with E-state index in [1.165, 1.54) is 0 Å². The maximum Gasteiger partial charge on any atom is 0.161 e. The number of hydrogen-bond donors (Lipinski definition) is 1. The maximum atomic E-state index is 8.80. The van der Waals surface area contributed by atoms with Crippen molar-refractivity contribution >= 4 is 0 Å². The number of fused-ring (bicyclic) bond motifs is 1. The van der Waals surface area contributed by atoms with Crippen LogP contribution in [0.25, 0.3) is 10.4 Å². The molecule has 6 heteroatoms. The zero-order valence-electron chi connectivity index (χ0n) is 10.7. The lowest BCUT2D eigenvalue weighted by molar-refractivity contribution is 0.171. The number of aliphatic hydroxyl groups excluding tert-OH is 1. The van der Waals surface area contributed by atoms with E-state index in [9.17, 15) is 0 Å². The topological polar surface area (TPSA) is 87.5 Å². The third kappa shape index (κ3) is 3.53. The van der Waals surface area contributed by atoms with Crippen molar-refractivity contribution in [3.05, 3.63) is 34.2 Å². The van der Waals surface area contributed by atoms with Gasteiger partial charge >= 0.3 is 0 Å². The molecule has 0 aliphatic carbocycles. The Morgan fingerprint density at radius 2 is 2.05 bits per heavy atom. The number of azide groups is 1. The molecule has 1 aromatic carbocycles. The highest BCUT2D eigenvalue weighted by molar-refractivity contribution is 5.44. The Balaban J connectivity index is 2.14. The second-order valence-corrected chi connectivity index (χ2v) is 4.34. The Kier molecular flexibility index (Phi) is 4.89. The van der Waals surface area contributed by atoms with Gasteiger partial charge in [-0.05, 0) is 36.1 Å². The molecule has 2 rings (SSSR count). The first-order chi connectivity index (χ1) is 9.35. The minimum absolute atomic E-state index is 0.157. The minimum atomic E-state index is -0.229. The highest BCUT2D eigenvalue weighted by atomic mass is 16.6. The predicted octanol–water partition coefficient (Wildman–Crippen LogP) is 2.97. The fraction of sp³-hybridized carbons (Fsp3) is 0.538. The van der Waals surface area contributed by atoms with Crippen LogP contribution in [0.15, 0.2) is 23.3 Å². The number of aliphatic hydroxyl groups is 1. The van der Waals surface area contributed by atoms with Gasteiger partial charge < -0.3 is 14.6 Å². The average molecular weight is 263 g/mol. The van der Waals surface area contributed by atoms with Gasteiger partial charge in [-0.3, -0.25) is 0 Å². The van der Waals surface area contributed by atoms with E-state index in [1.807, 2.05) is 18.2 Å². The van der Waals surface area contributed by atoms with E-state index >= 15 is 0 Å². The summed E-state index contributed by atoms with van der Waals surface area (Å²) < 4.78 is 11.0. The molecule has 1 N–H and O–H groups in total. The Bertz CT molecular complexity index is 472. The average Bonchev–Trinajstić information content (AvgIpc) is 2.46. The summed E-state index contributed by atoms with van der Waals surface area (Å²) in [4.78, 5) is 2.89. The summed E-state index contributed by atoms with van der Waals surface area (Å²) in [5, 5.41) is 12.6. The summed E-state index contributed by atoms with van der Waals surface area (Å²) in [5.74, 6) is 1.43. The number of unbranched alkanes of at least 4 members (excludes halogenated alkanes) is 1. The van der Waals surface area contributed by atoms with E-state index in [0.717, 1.165) is 17.7 Å². The molecule has 1 unspecified atom stereocenters. The lowest BCUT2D eigenvalue weighted by atomic mass is 10.0. The number of hydrogen-bond acceptors (Lipinski definition) is 4. The van der Waals surface area contributed by atoms with Gasteiger partial charge in [0.2, 0.25) is 0 Å². The molecule has 0 saturated carbocycles. The quantitative estimate of drug-likeness (QED) is 0.370. The molecule has 19 heavy (non-hydrogen) atoms. The van der Waals surface area contributed by atoms with E-state index in [4.69, 9.17) is 20.1 Å². The summed E-state index contributed by atoms with van der Waals surface area (Å²) in [6.07, 6.45) is 2.24. The van der Waals surface area contributed by atoms with Crippen LogP contribution in [0.1, 0.15) is 30.9 Å². The first-order valence-corrected chi connectivity index (χ1v) is 6.39. The molecule has 102 valence electrons. The second kappa shape index (κ2) is 6.87. The fourth-order valence-corrected chi connectivity index (χ4v) is 2.07. The molecule has 0 fully saturated rings. The molecule has 1 atom stereocenters. The SMILES string of the molecule is [N-]=[N+]=NC(CCCCO)c1ccc2c(c1)OCCO2. The van der Waals surface area contributed by atoms with Crippen molar-refractivity contribution in [2.75, 3.05) is 19.8 Å². The highest BCUT2D eigenvalue weighted by Crippen LogP contribution is 2.34. The Hall–Kier alpha value is -1.91. The minimum Gasteiger partial charge on any atom is -0.486 e. The zero-order chi connectivity index (χ0) is 13.5. The van der Waals surface area contributed by atoms with Crippen molar-refractivity contribution in [3.63, 3.8) is 0 Å². The van der Waals surface area contributed by atoms with Crippen molar-refractivity contribution < 1.29 is 14.6 Å². The predicted molar refractivity (Wildman–Crippen MR) is 70.3 cm³/mol. The van der Waals surface area contributed by atoms with Gasteiger partial charge in [-0.25, -0.2) is 0 Å². The Labute approximate surface area is 111 Å². The van der Waals surface area contributed by atoms with Gasteiger partial charge in [0, 0.05) is 11.5 Å². The van der Waals surface area contributed by atoms with Gasteiger partial charge in [0.25, 0.3) is 0 Å². The van der Waals surface area contributed by atoms with Crippen LogP contribution in [0, 0.1) is 0 Å². The first-order valence-electron chi connectivity index (χ1n) is 6.39. The Morgan fingerprint density at radius 3 is 2.79 bits per heavy atom. The molecule has 6 nitrogen and oxygen atoms in total. The van der Waals surface area contributed by atoms with E-state index in [-0.39, 0.29) is 12.6 Å². The van der Waals surface area contributed by atoms with E-state index < -0.39 is 0 Å². The van der Waals surface area contributed by atoms with Crippen LogP contribution in [-0.2, 0) is 0 Å². The number of ether oxygens (including phenoxy) is 2. The largest absolute Gasteiger partial charge is 0.486 e. The van der Waals surface area contributed by atoms with Crippen LogP contribution in [0.2, 0.25) is 0 Å². The van der Waals surface area contributed by atoms with Gasteiger partial charge in [-0.1, -0.05) is 17.6 Å². The molecule has 0 saturated heterocycles. The van der Waals surface area contributed by atoms with Gasteiger partial charge in [0.1, 0.15) is 13.2 Å². The zero-order valence-corrected chi connectivity index (χ0v) is 10.7.